The molecule has 0 bridgehead atoms. The predicted octanol–water partition coefficient (Wildman–Crippen LogP) is 2.72. The topological polar surface area (TPSA) is 364 Å². The monoisotopic (exact) mass is 985 g/mol. The van der Waals surface area contributed by atoms with Crippen molar-refractivity contribution < 1.29 is 80.5 Å². The first-order valence-electron chi connectivity index (χ1n) is 20.6. The van der Waals surface area contributed by atoms with Gasteiger partial charge in [-0.25, -0.2) is 28.6 Å². The second-order valence-electron chi connectivity index (χ2n) is 15.6. The van der Waals surface area contributed by atoms with E-state index >= 15 is 0 Å². The summed E-state index contributed by atoms with van der Waals surface area (Å²) in [6, 6.07) is 0. The SMILES string of the molecule is CCCCCCCCCCCCCC(=O)SCCNC(=O)CCNC(=O)C(O)C(C)(C)COP(=O)(O)OP(=O)(O)OC[C@H]1O[C@@H](n2cnc3c(N)ncnc32)[C@H](O)[C@@H]1OP(=O)(O)O.[LiH]. The molecule has 2 aromatic heterocycles. The Morgan fingerprint density at radius 3 is 2.14 bits per heavy atom. The summed E-state index contributed by atoms with van der Waals surface area (Å²) in [5.41, 5.74) is 4.29. The average Bonchev–Trinajstić information content (AvgIpc) is 3.76. The Bertz CT molecular complexity index is 1930. The van der Waals surface area contributed by atoms with Crippen molar-refractivity contribution in [2.24, 2.45) is 5.41 Å². The van der Waals surface area contributed by atoms with Crippen LogP contribution in [-0.4, -0.2) is 142 Å². The Kier molecular flexibility index (Phi) is 25.4. The summed E-state index contributed by atoms with van der Waals surface area (Å²) < 4.78 is 62.3. The number of amides is 2. The van der Waals surface area contributed by atoms with Crippen LogP contribution in [0.3, 0.4) is 0 Å². The van der Waals surface area contributed by atoms with E-state index in [0.717, 1.165) is 48.2 Å². The molecule has 3 unspecified atom stereocenters. The number of imidazole rings is 1. The van der Waals surface area contributed by atoms with Crippen molar-refractivity contribution in [2.75, 3.05) is 37.8 Å². The van der Waals surface area contributed by atoms with E-state index in [1.807, 2.05) is 0 Å². The molecule has 2 amide bonds. The van der Waals surface area contributed by atoms with E-state index < -0.39 is 84.6 Å². The maximum absolute atomic E-state index is 12.7. The summed E-state index contributed by atoms with van der Waals surface area (Å²) in [5.74, 6) is -1.02. The number of fused-ring (bicyclic) bond motifs is 1. The number of aromatic nitrogens is 4. The quantitative estimate of drug-likeness (QED) is 0.0298. The van der Waals surface area contributed by atoms with Gasteiger partial charge >= 0.3 is 42.3 Å². The standard InChI is InChI=1S/C35H62N7O17P3S.Li.H/c1-4-5-6-7-8-9-10-11-12-13-14-15-26(44)63-19-18-37-25(43)16-17-38-33(47)30(46)35(2,3)21-56-62(53,54)59-61(51,52)55-20-24-29(58-60(48,49)50)28(45)34(57-24)42-23-41-27-31(36)39-22-40-32(27)42;;/h22-24,28-30,34,45-46H,4-21H2,1-3H3,(H,37,43)(H,38,47)(H,51,52)(H,53,54)(H2,36,39,40)(H2,48,49,50);;/t24-,28-,29-,30?,34-;;/m1../s1. The number of nitrogens with two attached hydrogens (primary N) is 1. The zero-order valence-corrected chi connectivity index (χ0v) is 39.1. The van der Waals surface area contributed by atoms with Crippen molar-refractivity contribution in [1.29, 1.82) is 0 Å². The molecule has 0 saturated carbocycles. The number of hydrogen-bond acceptors (Lipinski definition) is 18. The number of phosphoric ester groups is 3. The molecule has 0 radical (unpaired) electrons. The Balaban J connectivity index is 0.0000141. The first-order chi connectivity index (χ1) is 29.6. The van der Waals surface area contributed by atoms with Crippen molar-refractivity contribution >= 4 is 88.0 Å². The number of carbonyl (C=O) groups excluding carboxylic acids is 3. The minimum atomic E-state index is -5.57. The van der Waals surface area contributed by atoms with Crippen molar-refractivity contribution in [1.82, 2.24) is 30.2 Å². The molecule has 1 aliphatic rings. The van der Waals surface area contributed by atoms with Crippen LogP contribution in [-0.2, 0) is 50.7 Å². The van der Waals surface area contributed by atoms with Crippen LogP contribution < -0.4 is 16.4 Å². The van der Waals surface area contributed by atoms with Crippen LogP contribution in [0.15, 0.2) is 12.7 Å². The molecule has 29 heteroatoms. The summed E-state index contributed by atoms with van der Waals surface area (Å²) in [5, 5.41) is 26.6. The van der Waals surface area contributed by atoms with Crippen LogP contribution in [0.5, 0.6) is 0 Å². The molecule has 0 spiro atoms. The van der Waals surface area contributed by atoms with Gasteiger partial charge in [-0.1, -0.05) is 96.7 Å². The fourth-order valence-corrected chi connectivity index (χ4v) is 9.85. The molecule has 1 fully saturated rings. The number of carbonyl (C=O) groups is 3. The fraction of sp³-hybridized carbons (Fsp3) is 0.771. The molecular formula is C35H63LiN7O17P3S. The molecule has 1 aliphatic heterocycles. The summed E-state index contributed by atoms with van der Waals surface area (Å²) in [6.07, 6.45) is 6.75. The van der Waals surface area contributed by atoms with E-state index in [2.05, 4.69) is 41.3 Å². The van der Waals surface area contributed by atoms with Gasteiger partial charge in [0, 0.05) is 37.1 Å². The Morgan fingerprint density at radius 1 is 0.906 bits per heavy atom. The van der Waals surface area contributed by atoms with Crippen LogP contribution in [0.4, 0.5) is 5.82 Å². The number of rotatable bonds is 31. The minimum absolute atomic E-state index is 0. The van der Waals surface area contributed by atoms with E-state index in [4.69, 9.17) is 19.5 Å². The summed E-state index contributed by atoms with van der Waals surface area (Å²) in [7, 11) is -16.4. The Hall–Kier alpha value is -1.84. The van der Waals surface area contributed by atoms with Crippen molar-refractivity contribution in [3.63, 3.8) is 0 Å². The number of anilines is 1. The van der Waals surface area contributed by atoms with Gasteiger partial charge in [0.05, 0.1) is 19.5 Å². The number of aliphatic hydroxyl groups is 2. The first-order valence-corrected chi connectivity index (χ1v) is 26.1. The molecule has 64 heavy (non-hydrogen) atoms. The third-order valence-electron chi connectivity index (χ3n) is 9.75. The summed E-state index contributed by atoms with van der Waals surface area (Å²) in [6.45, 7) is 2.79. The number of ether oxygens (including phenoxy) is 1. The number of thioether (sulfide) groups is 1. The van der Waals surface area contributed by atoms with Crippen LogP contribution in [0.25, 0.3) is 11.2 Å². The van der Waals surface area contributed by atoms with E-state index in [-0.39, 0.29) is 60.5 Å². The van der Waals surface area contributed by atoms with Gasteiger partial charge in [-0.15, -0.1) is 0 Å². The van der Waals surface area contributed by atoms with Crippen molar-refractivity contribution in [3.8, 4) is 0 Å². The Morgan fingerprint density at radius 2 is 1.52 bits per heavy atom. The van der Waals surface area contributed by atoms with E-state index in [1.54, 1.807) is 0 Å². The first kappa shape index (κ1) is 58.3. The number of aliphatic hydroxyl groups excluding tert-OH is 2. The molecule has 7 atom stereocenters. The molecule has 10 N–H and O–H groups in total. The third kappa shape index (κ3) is 20.6. The van der Waals surface area contributed by atoms with Gasteiger partial charge in [0.15, 0.2) is 22.8 Å². The molecule has 0 aromatic carbocycles. The van der Waals surface area contributed by atoms with Crippen LogP contribution in [0, 0.1) is 5.41 Å². The number of unbranched alkanes of at least 4 members (excludes halogenated alkanes) is 10. The zero-order chi connectivity index (χ0) is 46.8. The third-order valence-corrected chi connectivity index (χ3v) is 13.8. The van der Waals surface area contributed by atoms with Gasteiger partial charge < -0.3 is 50.9 Å². The fourth-order valence-electron chi connectivity index (χ4n) is 6.30. The molecule has 24 nitrogen and oxygen atoms in total. The van der Waals surface area contributed by atoms with Crippen molar-refractivity contribution in [3.05, 3.63) is 12.7 Å². The molecule has 362 valence electrons. The second kappa shape index (κ2) is 27.8. The van der Waals surface area contributed by atoms with Crippen LogP contribution >= 0.6 is 35.2 Å². The Labute approximate surface area is 387 Å². The summed E-state index contributed by atoms with van der Waals surface area (Å²) >= 11 is 1.15. The molecule has 0 aliphatic carbocycles. The second-order valence-corrected chi connectivity index (χ2v) is 21.0. The van der Waals surface area contributed by atoms with Gasteiger partial charge in [-0.2, -0.15) is 4.31 Å². The number of nitrogens with one attached hydrogen (secondary N) is 2. The average molecular weight is 986 g/mol. The molecular weight excluding hydrogens is 922 g/mol. The van der Waals surface area contributed by atoms with Gasteiger partial charge in [0.25, 0.3) is 0 Å². The maximum atomic E-state index is 12.7. The van der Waals surface area contributed by atoms with Gasteiger partial charge in [0.2, 0.25) is 11.8 Å². The molecule has 3 rings (SSSR count). The van der Waals surface area contributed by atoms with Gasteiger partial charge in [-0.3, -0.25) is 32.5 Å². The van der Waals surface area contributed by atoms with Crippen LogP contribution in [0.2, 0.25) is 0 Å². The van der Waals surface area contributed by atoms with E-state index in [0.29, 0.717) is 12.2 Å². The van der Waals surface area contributed by atoms with Gasteiger partial charge in [0.1, 0.15) is 36.3 Å². The number of phosphoric acid groups is 3. The predicted molar refractivity (Wildman–Crippen MR) is 235 cm³/mol. The van der Waals surface area contributed by atoms with E-state index in [9.17, 15) is 57.9 Å². The normalized spacial score (nSPS) is 20.3. The van der Waals surface area contributed by atoms with Gasteiger partial charge in [-0.05, 0) is 6.42 Å². The number of hydrogen-bond donors (Lipinski definition) is 9. The zero-order valence-electron chi connectivity index (χ0n) is 35.6. The molecule has 3 heterocycles. The van der Waals surface area contributed by atoms with E-state index in [1.165, 1.54) is 65.2 Å². The van der Waals surface area contributed by atoms with Crippen LogP contribution in [0.1, 0.15) is 110 Å². The molecule has 1 saturated heterocycles. The molecule has 2 aromatic rings. The summed E-state index contributed by atoms with van der Waals surface area (Å²) in [4.78, 5) is 88.2. The number of nitrogens with zero attached hydrogens (tertiary/aromatic N) is 4. The van der Waals surface area contributed by atoms with Crippen molar-refractivity contribution in [2.45, 2.75) is 135 Å². The number of nitrogen functional groups attached to an aromatic ring is 1.